The number of rotatable bonds is 4. The van der Waals surface area contributed by atoms with Gasteiger partial charge in [0.05, 0.1) is 4.47 Å². The maximum absolute atomic E-state index is 14.3. The Hall–Kier alpha value is 0.290. The average Bonchev–Trinajstić information content (AvgIpc) is 2.45. The smallest absolute Gasteiger partial charge is 0.142 e. The van der Waals surface area contributed by atoms with Crippen LogP contribution in [0.15, 0.2) is 22.7 Å². The zero-order valence-corrected chi connectivity index (χ0v) is 14.4. The molecule has 2 rings (SSSR count). The molecule has 1 fully saturated rings. The van der Waals surface area contributed by atoms with E-state index in [9.17, 15) is 4.39 Å². The van der Waals surface area contributed by atoms with Crippen LogP contribution in [0.2, 0.25) is 0 Å². The predicted octanol–water partition coefficient (Wildman–Crippen LogP) is 4.48. The van der Waals surface area contributed by atoms with Crippen LogP contribution in [0.3, 0.4) is 0 Å². The van der Waals surface area contributed by atoms with Crippen LogP contribution < -0.4 is 5.32 Å². The second kappa shape index (κ2) is 7.34. The van der Waals surface area contributed by atoms with Crippen molar-refractivity contribution in [1.29, 1.82) is 0 Å². The van der Waals surface area contributed by atoms with Crippen molar-refractivity contribution in [3.8, 4) is 0 Å². The first-order valence-electron chi connectivity index (χ1n) is 6.53. The summed E-state index contributed by atoms with van der Waals surface area (Å²) >= 11 is 7.28. The van der Waals surface area contributed by atoms with E-state index in [1.54, 1.807) is 6.07 Å². The van der Waals surface area contributed by atoms with Crippen LogP contribution in [0.25, 0.3) is 0 Å². The molecule has 1 aliphatic heterocycles. The molecule has 1 saturated heterocycles. The van der Waals surface area contributed by atoms with E-state index < -0.39 is 0 Å². The van der Waals surface area contributed by atoms with Crippen LogP contribution in [0.5, 0.6) is 0 Å². The number of halogens is 2. The minimum absolute atomic E-state index is 0.0697. The largest absolute Gasteiger partial charge is 0.312 e. The molecular weight excluding hydrogens is 345 g/mol. The van der Waals surface area contributed by atoms with E-state index in [0.717, 1.165) is 17.7 Å². The van der Waals surface area contributed by atoms with E-state index in [1.807, 2.05) is 42.7 Å². The Morgan fingerprint density at radius 3 is 2.84 bits per heavy atom. The number of thioether (sulfide) groups is 2. The maximum atomic E-state index is 14.3. The van der Waals surface area contributed by atoms with Crippen molar-refractivity contribution in [3.63, 3.8) is 0 Å². The Kier molecular flexibility index (Phi) is 6.06. The van der Waals surface area contributed by atoms with Crippen LogP contribution in [0, 0.1) is 5.82 Å². The van der Waals surface area contributed by atoms with E-state index in [2.05, 4.69) is 28.2 Å². The quantitative estimate of drug-likeness (QED) is 0.846. The fourth-order valence-corrected chi connectivity index (χ4v) is 6.17. The van der Waals surface area contributed by atoms with E-state index in [1.165, 1.54) is 5.75 Å². The zero-order valence-electron chi connectivity index (χ0n) is 11.2. The summed E-state index contributed by atoms with van der Waals surface area (Å²) in [6.07, 6.45) is 1.14. The van der Waals surface area contributed by atoms with Gasteiger partial charge in [0, 0.05) is 33.6 Å². The SMILES string of the molecule is CCC1SCCSC1C(NC)c1cccc(Br)c1F. The normalized spacial score (nSPS) is 25.3. The molecule has 1 aliphatic rings. The Labute approximate surface area is 131 Å². The Balaban J connectivity index is 2.30. The lowest BCUT2D eigenvalue weighted by Crippen LogP contribution is -2.37. The summed E-state index contributed by atoms with van der Waals surface area (Å²) in [5.41, 5.74) is 0.773. The van der Waals surface area contributed by atoms with Gasteiger partial charge in [-0.3, -0.25) is 0 Å². The summed E-state index contributed by atoms with van der Waals surface area (Å²) in [5.74, 6) is 2.23. The lowest BCUT2D eigenvalue weighted by atomic mass is 10.00. The minimum Gasteiger partial charge on any atom is -0.312 e. The molecule has 1 aromatic rings. The van der Waals surface area contributed by atoms with Gasteiger partial charge in [0.15, 0.2) is 0 Å². The first-order valence-corrected chi connectivity index (χ1v) is 9.42. The van der Waals surface area contributed by atoms with Crippen molar-refractivity contribution >= 4 is 39.5 Å². The minimum atomic E-state index is -0.132. The zero-order chi connectivity index (χ0) is 13.8. The van der Waals surface area contributed by atoms with Crippen molar-refractivity contribution in [3.05, 3.63) is 34.1 Å². The molecule has 106 valence electrons. The van der Waals surface area contributed by atoms with Crippen molar-refractivity contribution in [2.45, 2.75) is 29.9 Å². The standard InChI is InChI=1S/C14H19BrFNS2/c1-3-11-14(19-8-7-18-11)13(17-2)9-5-4-6-10(15)12(9)16/h4-6,11,13-14,17H,3,7-8H2,1-2H3. The van der Waals surface area contributed by atoms with Crippen LogP contribution in [-0.2, 0) is 0 Å². The molecule has 3 atom stereocenters. The second-order valence-corrected chi connectivity index (χ2v) is 8.05. The number of hydrogen-bond acceptors (Lipinski definition) is 3. The molecular formula is C14H19BrFNS2. The molecule has 0 spiro atoms. The van der Waals surface area contributed by atoms with E-state index >= 15 is 0 Å². The van der Waals surface area contributed by atoms with Gasteiger partial charge in [-0.15, -0.1) is 0 Å². The third kappa shape index (κ3) is 3.49. The topological polar surface area (TPSA) is 12.0 Å². The highest BCUT2D eigenvalue weighted by Gasteiger charge is 2.33. The van der Waals surface area contributed by atoms with Crippen LogP contribution in [-0.4, -0.2) is 29.1 Å². The van der Waals surface area contributed by atoms with Crippen molar-refractivity contribution in [2.24, 2.45) is 0 Å². The Morgan fingerprint density at radius 2 is 2.16 bits per heavy atom. The molecule has 1 N–H and O–H groups in total. The maximum Gasteiger partial charge on any atom is 0.142 e. The van der Waals surface area contributed by atoms with Crippen molar-refractivity contribution in [2.75, 3.05) is 18.6 Å². The van der Waals surface area contributed by atoms with Crippen molar-refractivity contribution in [1.82, 2.24) is 5.32 Å². The summed E-state index contributed by atoms with van der Waals surface area (Å²) in [7, 11) is 1.93. The number of benzene rings is 1. The monoisotopic (exact) mass is 363 g/mol. The fraction of sp³-hybridized carbons (Fsp3) is 0.571. The molecule has 5 heteroatoms. The van der Waals surface area contributed by atoms with Gasteiger partial charge in [-0.25, -0.2) is 4.39 Å². The highest BCUT2D eigenvalue weighted by Crippen LogP contribution is 2.41. The summed E-state index contributed by atoms with van der Waals surface area (Å²) < 4.78 is 14.9. The van der Waals surface area contributed by atoms with Gasteiger partial charge in [-0.05, 0) is 35.5 Å². The Bertz CT molecular complexity index is 430. The van der Waals surface area contributed by atoms with Gasteiger partial charge in [-0.2, -0.15) is 23.5 Å². The van der Waals surface area contributed by atoms with Crippen LogP contribution >= 0.6 is 39.5 Å². The van der Waals surface area contributed by atoms with Gasteiger partial charge in [-0.1, -0.05) is 19.1 Å². The first kappa shape index (κ1) is 15.7. The molecule has 0 saturated carbocycles. The first-order chi connectivity index (χ1) is 9.19. The molecule has 1 heterocycles. The van der Waals surface area contributed by atoms with Crippen LogP contribution in [0.1, 0.15) is 24.9 Å². The van der Waals surface area contributed by atoms with E-state index in [0.29, 0.717) is 15.0 Å². The van der Waals surface area contributed by atoms with Gasteiger partial charge in [0.1, 0.15) is 5.82 Å². The summed E-state index contributed by atoms with van der Waals surface area (Å²) in [6, 6.07) is 5.63. The fourth-order valence-electron chi connectivity index (χ4n) is 2.50. The predicted molar refractivity (Wildman–Crippen MR) is 88.7 cm³/mol. The van der Waals surface area contributed by atoms with E-state index in [4.69, 9.17) is 0 Å². The summed E-state index contributed by atoms with van der Waals surface area (Å²) in [4.78, 5) is 0. The molecule has 19 heavy (non-hydrogen) atoms. The van der Waals surface area contributed by atoms with E-state index in [-0.39, 0.29) is 11.9 Å². The lowest BCUT2D eigenvalue weighted by molar-refractivity contribution is 0.505. The molecule has 0 radical (unpaired) electrons. The van der Waals surface area contributed by atoms with Crippen molar-refractivity contribution < 1.29 is 4.39 Å². The highest BCUT2D eigenvalue weighted by molar-refractivity contribution is 9.10. The number of nitrogens with one attached hydrogen (secondary N) is 1. The highest BCUT2D eigenvalue weighted by atomic mass is 79.9. The second-order valence-electron chi connectivity index (χ2n) is 4.56. The Morgan fingerprint density at radius 1 is 1.42 bits per heavy atom. The average molecular weight is 364 g/mol. The molecule has 3 unspecified atom stereocenters. The molecule has 0 amide bonds. The molecule has 1 nitrogen and oxygen atoms in total. The summed E-state index contributed by atoms with van der Waals surface area (Å²) in [5, 5.41) is 4.35. The lowest BCUT2D eigenvalue weighted by Gasteiger charge is -2.36. The molecule has 0 bridgehead atoms. The van der Waals surface area contributed by atoms with Gasteiger partial charge >= 0.3 is 0 Å². The summed E-state index contributed by atoms with van der Waals surface area (Å²) in [6.45, 7) is 2.22. The van der Waals surface area contributed by atoms with Gasteiger partial charge in [0.2, 0.25) is 0 Å². The molecule has 1 aromatic carbocycles. The van der Waals surface area contributed by atoms with Crippen LogP contribution in [0.4, 0.5) is 4.39 Å². The third-order valence-electron chi connectivity index (χ3n) is 3.45. The molecule has 0 aliphatic carbocycles. The third-order valence-corrected chi connectivity index (χ3v) is 7.41. The number of hydrogen-bond donors (Lipinski definition) is 1. The molecule has 0 aromatic heterocycles. The van der Waals surface area contributed by atoms with Gasteiger partial charge < -0.3 is 5.32 Å². The van der Waals surface area contributed by atoms with Gasteiger partial charge in [0.25, 0.3) is 0 Å².